The molecule has 0 bridgehead atoms. The van der Waals surface area contributed by atoms with E-state index < -0.39 is 5.60 Å². The molecule has 1 amide bonds. The molecule has 1 aliphatic carbocycles. The number of hydrogen-bond donors (Lipinski definition) is 2. The van der Waals surface area contributed by atoms with E-state index in [0.717, 1.165) is 38.8 Å². The molecule has 2 aliphatic heterocycles. The van der Waals surface area contributed by atoms with Crippen molar-refractivity contribution in [1.82, 2.24) is 10.6 Å². The first-order valence-electron chi connectivity index (χ1n) is 6.40. The smallest absolute Gasteiger partial charge is 0.252 e. The Hall–Kier alpha value is -0.610. The third kappa shape index (κ3) is 1.39. The number of nitrogens with one attached hydrogen (secondary N) is 2. The van der Waals surface area contributed by atoms with Gasteiger partial charge in [-0.1, -0.05) is 6.92 Å². The van der Waals surface area contributed by atoms with E-state index in [-0.39, 0.29) is 11.5 Å². The summed E-state index contributed by atoms with van der Waals surface area (Å²) in [7, 11) is 0. The highest BCUT2D eigenvalue weighted by Crippen LogP contribution is 2.53. The van der Waals surface area contributed by atoms with E-state index >= 15 is 0 Å². The lowest BCUT2D eigenvalue weighted by molar-refractivity contribution is -0.177. The number of ether oxygens (including phenoxy) is 1. The Morgan fingerprint density at radius 2 is 2.19 bits per heavy atom. The Labute approximate surface area is 96.1 Å². The number of carbonyl (C=O) groups is 1. The second kappa shape index (κ2) is 3.44. The predicted octanol–water partition coefficient (Wildman–Crippen LogP) is 0.424. The van der Waals surface area contributed by atoms with Gasteiger partial charge in [0, 0.05) is 12.5 Å². The summed E-state index contributed by atoms with van der Waals surface area (Å²) in [5.74, 6) is 0.572. The molecule has 1 saturated carbocycles. The van der Waals surface area contributed by atoms with E-state index in [4.69, 9.17) is 4.74 Å². The summed E-state index contributed by atoms with van der Waals surface area (Å²) in [5.41, 5.74) is -0.534. The van der Waals surface area contributed by atoms with E-state index in [1.165, 1.54) is 0 Å². The predicted molar refractivity (Wildman–Crippen MR) is 60.1 cm³/mol. The molecular formula is C12H20N2O2. The molecule has 2 heterocycles. The number of carbonyl (C=O) groups excluding carboxylic acids is 1. The Kier molecular flexibility index (Phi) is 2.27. The van der Waals surface area contributed by atoms with Crippen molar-refractivity contribution in [3.8, 4) is 0 Å². The van der Waals surface area contributed by atoms with Crippen LogP contribution in [0, 0.1) is 5.92 Å². The SMILES string of the molecule is CCC1CC12OC1(CCNCC1)CNC2=O. The average molecular weight is 224 g/mol. The van der Waals surface area contributed by atoms with Gasteiger partial charge in [-0.25, -0.2) is 0 Å². The molecule has 2 spiro atoms. The number of piperidine rings is 1. The van der Waals surface area contributed by atoms with E-state index in [9.17, 15) is 4.79 Å². The van der Waals surface area contributed by atoms with Gasteiger partial charge >= 0.3 is 0 Å². The number of rotatable bonds is 1. The minimum Gasteiger partial charge on any atom is -0.356 e. The normalized spacial score (nSPS) is 41.1. The van der Waals surface area contributed by atoms with Crippen LogP contribution in [0.15, 0.2) is 0 Å². The lowest BCUT2D eigenvalue weighted by Gasteiger charge is -2.44. The maximum atomic E-state index is 11.9. The van der Waals surface area contributed by atoms with Gasteiger partial charge in [0.25, 0.3) is 5.91 Å². The van der Waals surface area contributed by atoms with Crippen LogP contribution in [0.3, 0.4) is 0 Å². The fourth-order valence-electron chi connectivity index (χ4n) is 3.21. The maximum absolute atomic E-state index is 11.9. The van der Waals surface area contributed by atoms with E-state index in [1.54, 1.807) is 0 Å². The second-order valence-corrected chi connectivity index (χ2v) is 5.42. The van der Waals surface area contributed by atoms with Crippen molar-refractivity contribution < 1.29 is 9.53 Å². The molecule has 4 nitrogen and oxygen atoms in total. The molecule has 0 radical (unpaired) electrons. The van der Waals surface area contributed by atoms with Gasteiger partial charge in [0.05, 0.1) is 5.60 Å². The minimum absolute atomic E-state index is 0.0803. The Balaban J connectivity index is 1.78. The van der Waals surface area contributed by atoms with Crippen molar-refractivity contribution in [1.29, 1.82) is 0 Å². The number of amides is 1. The van der Waals surface area contributed by atoms with Crippen molar-refractivity contribution in [2.45, 2.75) is 43.8 Å². The summed E-state index contributed by atoms with van der Waals surface area (Å²) >= 11 is 0. The van der Waals surface area contributed by atoms with Gasteiger partial charge in [0.1, 0.15) is 0 Å². The summed E-state index contributed by atoms with van der Waals surface area (Å²) in [6.45, 7) is 4.84. The maximum Gasteiger partial charge on any atom is 0.252 e. The monoisotopic (exact) mass is 224 g/mol. The van der Waals surface area contributed by atoms with E-state index in [2.05, 4.69) is 17.6 Å². The lowest BCUT2D eigenvalue weighted by Crippen LogP contribution is -2.61. The highest BCUT2D eigenvalue weighted by atomic mass is 16.5. The Morgan fingerprint density at radius 1 is 1.44 bits per heavy atom. The van der Waals surface area contributed by atoms with Crippen LogP contribution >= 0.6 is 0 Å². The zero-order valence-electron chi connectivity index (χ0n) is 9.84. The quantitative estimate of drug-likeness (QED) is 0.679. The number of hydrogen-bond acceptors (Lipinski definition) is 3. The molecule has 0 aromatic rings. The number of morpholine rings is 1. The van der Waals surface area contributed by atoms with Gasteiger partial charge in [0.15, 0.2) is 5.60 Å². The molecular weight excluding hydrogens is 204 g/mol. The van der Waals surface area contributed by atoms with Crippen molar-refractivity contribution in [2.75, 3.05) is 19.6 Å². The molecule has 3 aliphatic rings. The molecule has 0 aromatic carbocycles. The highest BCUT2D eigenvalue weighted by molar-refractivity contribution is 5.89. The van der Waals surface area contributed by atoms with Crippen LogP contribution in [0.2, 0.25) is 0 Å². The van der Waals surface area contributed by atoms with Crippen molar-refractivity contribution in [3.63, 3.8) is 0 Å². The first-order chi connectivity index (χ1) is 7.71. The van der Waals surface area contributed by atoms with Crippen LogP contribution in [-0.2, 0) is 9.53 Å². The molecule has 16 heavy (non-hydrogen) atoms. The van der Waals surface area contributed by atoms with Gasteiger partial charge in [-0.2, -0.15) is 0 Å². The summed E-state index contributed by atoms with van der Waals surface area (Å²) in [5, 5.41) is 6.42. The van der Waals surface area contributed by atoms with Gasteiger partial charge in [-0.15, -0.1) is 0 Å². The van der Waals surface area contributed by atoms with E-state index in [0.29, 0.717) is 12.5 Å². The average Bonchev–Trinajstić information content (AvgIpc) is 3.00. The molecule has 2 unspecified atom stereocenters. The molecule has 3 rings (SSSR count). The second-order valence-electron chi connectivity index (χ2n) is 5.42. The lowest BCUT2D eigenvalue weighted by atomic mass is 9.89. The molecule has 2 atom stereocenters. The topological polar surface area (TPSA) is 50.4 Å². The third-order valence-electron chi connectivity index (χ3n) is 4.41. The zero-order valence-corrected chi connectivity index (χ0v) is 9.84. The molecule has 2 N–H and O–H groups in total. The first kappa shape index (κ1) is 10.5. The van der Waals surface area contributed by atoms with Crippen LogP contribution in [0.5, 0.6) is 0 Å². The Bertz CT molecular complexity index is 312. The van der Waals surface area contributed by atoms with Crippen LogP contribution in [0.1, 0.15) is 32.6 Å². The largest absolute Gasteiger partial charge is 0.356 e. The minimum atomic E-state index is -0.454. The molecule has 4 heteroatoms. The van der Waals surface area contributed by atoms with Gasteiger partial charge in [-0.05, 0) is 38.8 Å². The van der Waals surface area contributed by atoms with Crippen LogP contribution < -0.4 is 10.6 Å². The van der Waals surface area contributed by atoms with Crippen LogP contribution in [0.4, 0.5) is 0 Å². The third-order valence-corrected chi connectivity index (χ3v) is 4.41. The van der Waals surface area contributed by atoms with E-state index in [1.807, 2.05) is 0 Å². The van der Waals surface area contributed by atoms with Gasteiger partial charge in [0.2, 0.25) is 0 Å². The molecule has 3 fully saturated rings. The van der Waals surface area contributed by atoms with Crippen LogP contribution in [-0.4, -0.2) is 36.7 Å². The highest BCUT2D eigenvalue weighted by Gasteiger charge is 2.65. The molecule has 90 valence electrons. The zero-order chi connectivity index (χ0) is 11.2. The fourth-order valence-corrected chi connectivity index (χ4v) is 3.21. The van der Waals surface area contributed by atoms with Crippen LogP contribution in [0.25, 0.3) is 0 Å². The summed E-state index contributed by atoms with van der Waals surface area (Å²) in [6, 6.07) is 0. The van der Waals surface area contributed by atoms with Gasteiger partial charge in [-0.3, -0.25) is 4.79 Å². The molecule has 2 saturated heterocycles. The summed E-state index contributed by atoms with van der Waals surface area (Å²) in [6.07, 6.45) is 4.00. The Morgan fingerprint density at radius 3 is 2.81 bits per heavy atom. The van der Waals surface area contributed by atoms with Crippen molar-refractivity contribution >= 4 is 5.91 Å². The van der Waals surface area contributed by atoms with Crippen molar-refractivity contribution in [2.24, 2.45) is 5.92 Å². The van der Waals surface area contributed by atoms with Crippen molar-refractivity contribution in [3.05, 3.63) is 0 Å². The first-order valence-corrected chi connectivity index (χ1v) is 6.40. The fraction of sp³-hybridized carbons (Fsp3) is 0.917. The summed E-state index contributed by atoms with van der Waals surface area (Å²) < 4.78 is 6.28. The van der Waals surface area contributed by atoms with Gasteiger partial charge < -0.3 is 15.4 Å². The summed E-state index contributed by atoms with van der Waals surface area (Å²) in [4.78, 5) is 11.9. The standard InChI is InChI=1S/C12H20N2O2/c1-2-9-7-12(9)10(15)14-8-11(16-12)3-5-13-6-4-11/h9,13H,2-8H2,1H3,(H,14,15). The molecule has 0 aromatic heterocycles.